The van der Waals surface area contributed by atoms with Crippen molar-refractivity contribution in [3.63, 3.8) is 0 Å². The number of hydrazine groups is 1. The normalized spacial score (nSPS) is 10.1. The van der Waals surface area contributed by atoms with E-state index in [1.807, 2.05) is 0 Å². The van der Waals surface area contributed by atoms with Gasteiger partial charge in [0.15, 0.2) is 0 Å². The zero-order valence-corrected chi connectivity index (χ0v) is 15.2. The minimum atomic E-state index is -0.791. The van der Waals surface area contributed by atoms with Crippen LogP contribution in [-0.2, 0) is 4.79 Å². The van der Waals surface area contributed by atoms with Crippen molar-refractivity contribution in [3.05, 3.63) is 49.7 Å². The molecule has 136 valence electrons. The zero-order chi connectivity index (χ0) is 19.3. The topological polar surface area (TPSA) is 165 Å². The number of nitro groups is 1. The van der Waals surface area contributed by atoms with Gasteiger partial charge in [0, 0.05) is 4.47 Å². The lowest BCUT2D eigenvalue weighted by molar-refractivity contribution is -0.383. The lowest BCUT2D eigenvalue weighted by Gasteiger charge is -2.10. The summed E-state index contributed by atoms with van der Waals surface area (Å²) in [7, 11) is 0. The van der Waals surface area contributed by atoms with E-state index in [1.165, 1.54) is 12.1 Å². The van der Waals surface area contributed by atoms with Crippen LogP contribution in [0.4, 0.5) is 17.3 Å². The van der Waals surface area contributed by atoms with E-state index in [0.29, 0.717) is 4.47 Å². The molecule has 0 aliphatic rings. The molecule has 11 nitrogen and oxygen atoms in total. The molecular weight excluding hydrogens is 434 g/mol. The second-order valence-electron chi connectivity index (χ2n) is 4.69. The van der Waals surface area contributed by atoms with Gasteiger partial charge in [0.25, 0.3) is 11.8 Å². The molecule has 0 saturated carbocycles. The maximum atomic E-state index is 12.0. The first-order valence-electron chi connectivity index (χ1n) is 6.82. The van der Waals surface area contributed by atoms with Crippen LogP contribution in [0.25, 0.3) is 0 Å². The van der Waals surface area contributed by atoms with Crippen LogP contribution < -0.4 is 21.9 Å². The molecule has 13 heteroatoms. The number of hydrogen-bond acceptors (Lipinski definition) is 8. The van der Waals surface area contributed by atoms with Gasteiger partial charge in [-0.15, -0.1) is 0 Å². The maximum Gasteiger partial charge on any atom is 0.354 e. The molecule has 2 rings (SSSR count). The standard InChI is InChI=1S/C13H11BrClN7O4/c14-6-1-2-8(15)7(3-6)13(24)17-4-9(23)20-21-12-10(22(25)26)11(16)18-5-19-12/h1-3,5H,4H2,(H,17,24)(H,20,23)(H3,16,18,19,21). The van der Waals surface area contributed by atoms with Crippen molar-refractivity contribution in [1.82, 2.24) is 20.7 Å². The van der Waals surface area contributed by atoms with Crippen molar-refractivity contribution in [2.45, 2.75) is 0 Å². The van der Waals surface area contributed by atoms with Crippen LogP contribution in [0.5, 0.6) is 0 Å². The number of benzene rings is 1. The predicted octanol–water partition coefficient (Wildman–Crippen LogP) is 1.26. The van der Waals surface area contributed by atoms with Crippen molar-refractivity contribution in [2.24, 2.45) is 0 Å². The molecule has 0 radical (unpaired) electrons. The molecule has 0 saturated heterocycles. The Bertz CT molecular complexity index is 880. The third-order valence-corrected chi connectivity index (χ3v) is 3.76. The summed E-state index contributed by atoms with van der Waals surface area (Å²) >= 11 is 9.14. The fraction of sp³-hybridized carbons (Fsp3) is 0.0769. The van der Waals surface area contributed by atoms with Crippen LogP contribution in [0, 0.1) is 10.1 Å². The minimum Gasteiger partial charge on any atom is -0.378 e. The summed E-state index contributed by atoms with van der Waals surface area (Å²) in [6.07, 6.45) is 0.994. The molecule has 5 N–H and O–H groups in total. The molecule has 0 bridgehead atoms. The largest absolute Gasteiger partial charge is 0.378 e. The molecule has 1 heterocycles. The van der Waals surface area contributed by atoms with Crippen LogP contribution in [0.3, 0.4) is 0 Å². The van der Waals surface area contributed by atoms with Crippen molar-refractivity contribution in [3.8, 4) is 0 Å². The fourth-order valence-electron chi connectivity index (χ4n) is 1.76. The van der Waals surface area contributed by atoms with Crippen LogP contribution in [0.2, 0.25) is 5.02 Å². The number of rotatable bonds is 6. The monoisotopic (exact) mass is 443 g/mol. The van der Waals surface area contributed by atoms with Gasteiger partial charge in [-0.25, -0.2) is 9.97 Å². The lowest BCUT2D eigenvalue weighted by atomic mass is 10.2. The predicted molar refractivity (Wildman–Crippen MR) is 96.3 cm³/mol. The molecule has 0 aliphatic heterocycles. The van der Waals surface area contributed by atoms with Gasteiger partial charge < -0.3 is 11.1 Å². The van der Waals surface area contributed by atoms with E-state index in [0.717, 1.165) is 6.33 Å². The average molecular weight is 445 g/mol. The van der Waals surface area contributed by atoms with E-state index in [1.54, 1.807) is 6.07 Å². The van der Waals surface area contributed by atoms with Crippen molar-refractivity contribution >= 4 is 56.7 Å². The molecule has 0 fully saturated rings. The number of nitrogens with zero attached hydrogens (tertiary/aromatic N) is 3. The summed E-state index contributed by atoms with van der Waals surface area (Å²) in [6.45, 7) is -0.414. The number of nitrogen functional groups attached to an aromatic ring is 1. The summed E-state index contributed by atoms with van der Waals surface area (Å²) in [5.41, 5.74) is 9.42. The van der Waals surface area contributed by atoms with Gasteiger partial charge in [0.05, 0.1) is 22.1 Å². The van der Waals surface area contributed by atoms with Gasteiger partial charge in [-0.2, -0.15) is 0 Å². The van der Waals surface area contributed by atoms with Gasteiger partial charge in [0.2, 0.25) is 11.6 Å². The number of nitrogens with two attached hydrogens (primary N) is 1. The highest BCUT2D eigenvalue weighted by atomic mass is 79.9. The van der Waals surface area contributed by atoms with Crippen molar-refractivity contribution < 1.29 is 14.5 Å². The quantitative estimate of drug-likeness (QED) is 0.382. The Morgan fingerprint density at radius 1 is 1.35 bits per heavy atom. The Morgan fingerprint density at radius 2 is 2.08 bits per heavy atom. The number of aromatic nitrogens is 2. The number of halogens is 2. The number of hydrogen-bond donors (Lipinski definition) is 4. The lowest BCUT2D eigenvalue weighted by Crippen LogP contribution is -2.39. The highest BCUT2D eigenvalue weighted by Crippen LogP contribution is 2.25. The summed E-state index contributed by atoms with van der Waals surface area (Å²) in [6, 6.07) is 4.69. The van der Waals surface area contributed by atoms with E-state index >= 15 is 0 Å². The second-order valence-corrected chi connectivity index (χ2v) is 6.02. The van der Waals surface area contributed by atoms with Gasteiger partial charge in [-0.1, -0.05) is 27.5 Å². The second kappa shape index (κ2) is 8.40. The molecule has 26 heavy (non-hydrogen) atoms. The van der Waals surface area contributed by atoms with Gasteiger partial charge in [-0.3, -0.25) is 30.6 Å². The van der Waals surface area contributed by atoms with Gasteiger partial charge >= 0.3 is 5.69 Å². The minimum absolute atomic E-state index is 0.181. The number of nitrogens with one attached hydrogen (secondary N) is 3. The molecule has 1 aromatic carbocycles. The molecule has 0 aliphatic carbocycles. The van der Waals surface area contributed by atoms with E-state index in [2.05, 4.69) is 42.1 Å². The summed E-state index contributed by atoms with van der Waals surface area (Å²) < 4.78 is 0.645. The average Bonchev–Trinajstić information content (AvgIpc) is 2.59. The van der Waals surface area contributed by atoms with E-state index in [9.17, 15) is 19.7 Å². The highest BCUT2D eigenvalue weighted by molar-refractivity contribution is 9.10. The first kappa shape index (κ1) is 19.3. The van der Waals surface area contributed by atoms with Crippen molar-refractivity contribution in [1.29, 1.82) is 0 Å². The Labute approximate surface area is 159 Å². The Hall–Kier alpha value is -2.99. The first-order chi connectivity index (χ1) is 12.3. The van der Waals surface area contributed by atoms with Crippen LogP contribution >= 0.6 is 27.5 Å². The van der Waals surface area contributed by atoms with Crippen LogP contribution in [-0.4, -0.2) is 33.3 Å². The Kier molecular flexibility index (Phi) is 6.25. The number of carbonyl (C=O) groups is 2. The molecule has 0 atom stereocenters. The summed E-state index contributed by atoms with van der Waals surface area (Å²) in [5.74, 6) is -1.91. The van der Waals surface area contributed by atoms with Crippen LogP contribution in [0.1, 0.15) is 10.4 Å². The smallest absolute Gasteiger partial charge is 0.354 e. The van der Waals surface area contributed by atoms with Gasteiger partial charge in [-0.05, 0) is 18.2 Å². The third-order valence-electron chi connectivity index (χ3n) is 2.94. The SMILES string of the molecule is Nc1ncnc(NNC(=O)CNC(=O)c2cc(Br)ccc2Cl)c1[N+](=O)[O-]. The van der Waals surface area contributed by atoms with Crippen LogP contribution in [0.15, 0.2) is 29.0 Å². The molecule has 2 amide bonds. The molecule has 0 spiro atoms. The number of anilines is 2. The summed E-state index contributed by atoms with van der Waals surface area (Å²) in [5, 5.41) is 13.5. The maximum absolute atomic E-state index is 12.0. The number of amides is 2. The fourth-order valence-corrected chi connectivity index (χ4v) is 2.33. The third kappa shape index (κ3) is 4.77. The van der Waals surface area contributed by atoms with E-state index in [-0.39, 0.29) is 22.2 Å². The Balaban J connectivity index is 1.94. The highest BCUT2D eigenvalue weighted by Gasteiger charge is 2.21. The summed E-state index contributed by atoms with van der Waals surface area (Å²) in [4.78, 5) is 41.1. The van der Waals surface area contributed by atoms with E-state index < -0.39 is 29.0 Å². The van der Waals surface area contributed by atoms with Crippen molar-refractivity contribution in [2.75, 3.05) is 17.7 Å². The van der Waals surface area contributed by atoms with E-state index in [4.69, 9.17) is 17.3 Å². The number of carbonyl (C=O) groups excluding carboxylic acids is 2. The zero-order valence-electron chi connectivity index (χ0n) is 12.8. The molecular formula is C13H11BrClN7O4. The molecule has 1 aromatic heterocycles. The van der Waals surface area contributed by atoms with Gasteiger partial charge in [0.1, 0.15) is 6.33 Å². The molecule has 0 unspecified atom stereocenters. The molecule has 2 aromatic rings. The Morgan fingerprint density at radius 3 is 2.77 bits per heavy atom. The first-order valence-corrected chi connectivity index (χ1v) is 7.99.